The molecule has 3 N–H and O–H groups in total. The standard InChI is InChI=1S/C26H34N4O5S/c1-26(2,3)35-25(34)28-16-10-8-14-21(23(32)29-17-20-13-7-9-15-27-20)30-22(31)18-36-24(33)19-11-5-4-6-12-19/h4-7,9,11-13,15,21H,8,10,14,16-18H2,1-3H3,(H,28,34)(H,29,32)(H,30,31). The Balaban J connectivity index is 1.85. The molecule has 3 amide bonds. The first-order chi connectivity index (χ1) is 17.1. The van der Waals surface area contributed by atoms with Gasteiger partial charge in [0.2, 0.25) is 16.9 Å². The van der Waals surface area contributed by atoms with Crippen molar-refractivity contribution in [3.8, 4) is 0 Å². The predicted octanol–water partition coefficient (Wildman–Crippen LogP) is 3.45. The van der Waals surface area contributed by atoms with Gasteiger partial charge in [-0.3, -0.25) is 19.4 Å². The first-order valence-electron chi connectivity index (χ1n) is 11.8. The van der Waals surface area contributed by atoms with E-state index < -0.39 is 23.6 Å². The molecule has 0 spiro atoms. The van der Waals surface area contributed by atoms with Gasteiger partial charge in [-0.2, -0.15) is 0 Å². The van der Waals surface area contributed by atoms with Gasteiger partial charge >= 0.3 is 6.09 Å². The minimum atomic E-state index is -0.782. The minimum Gasteiger partial charge on any atom is -0.444 e. The van der Waals surface area contributed by atoms with E-state index in [-0.39, 0.29) is 23.3 Å². The van der Waals surface area contributed by atoms with E-state index in [9.17, 15) is 19.2 Å². The molecular weight excluding hydrogens is 480 g/mol. The van der Waals surface area contributed by atoms with Crippen LogP contribution < -0.4 is 16.0 Å². The molecule has 1 aromatic carbocycles. The fourth-order valence-corrected chi connectivity index (χ4v) is 3.72. The van der Waals surface area contributed by atoms with Gasteiger partial charge in [-0.05, 0) is 52.2 Å². The Bertz CT molecular complexity index is 996. The van der Waals surface area contributed by atoms with Crippen molar-refractivity contribution >= 4 is 34.8 Å². The van der Waals surface area contributed by atoms with Crippen LogP contribution in [0.5, 0.6) is 0 Å². The van der Waals surface area contributed by atoms with Crippen molar-refractivity contribution in [3.05, 3.63) is 66.0 Å². The lowest BCUT2D eigenvalue weighted by molar-refractivity contribution is -0.128. The van der Waals surface area contributed by atoms with Crippen LogP contribution in [0.25, 0.3) is 0 Å². The third-order valence-electron chi connectivity index (χ3n) is 4.75. The molecule has 1 heterocycles. The third kappa shape index (κ3) is 11.8. The van der Waals surface area contributed by atoms with E-state index in [2.05, 4.69) is 20.9 Å². The average molecular weight is 515 g/mol. The van der Waals surface area contributed by atoms with Crippen LogP contribution >= 0.6 is 11.8 Å². The predicted molar refractivity (Wildman–Crippen MR) is 139 cm³/mol. The Morgan fingerprint density at radius 1 is 0.972 bits per heavy atom. The molecule has 0 saturated carbocycles. The molecule has 0 aliphatic carbocycles. The number of rotatable bonds is 12. The van der Waals surface area contributed by atoms with Crippen molar-refractivity contribution in [1.29, 1.82) is 0 Å². The second-order valence-electron chi connectivity index (χ2n) is 9.03. The molecule has 1 atom stereocenters. The van der Waals surface area contributed by atoms with Gasteiger partial charge in [-0.1, -0.05) is 48.2 Å². The summed E-state index contributed by atoms with van der Waals surface area (Å²) in [5, 5.41) is 8.00. The third-order valence-corrected chi connectivity index (χ3v) is 5.66. The molecule has 0 saturated heterocycles. The summed E-state index contributed by atoms with van der Waals surface area (Å²) in [7, 11) is 0. The fourth-order valence-electron chi connectivity index (χ4n) is 3.08. The average Bonchev–Trinajstić information content (AvgIpc) is 2.85. The number of unbranched alkanes of at least 4 members (excludes halogenated alkanes) is 1. The minimum absolute atomic E-state index is 0.0993. The quantitative estimate of drug-likeness (QED) is 0.370. The van der Waals surface area contributed by atoms with Crippen LogP contribution in [0.2, 0.25) is 0 Å². The van der Waals surface area contributed by atoms with Crippen molar-refractivity contribution in [1.82, 2.24) is 20.9 Å². The molecule has 1 aromatic heterocycles. The van der Waals surface area contributed by atoms with E-state index in [1.165, 1.54) is 0 Å². The van der Waals surface area contributed by atoms with E-state index in [1.54, 1.807) is 63.4 Å². The number of pyridine rings is 1. The Morgan fingerprint density at radius 2 is 1.69 bits per heavy atom. The summed E-state index contributed by atoms with van der Waals surface area (Å²) in [6.45, 7) is 5.97. The van der Waals surface area contributed by atoms with Crippen molar-refractivity contribution in [3.63, 3.8) is 0 Å². The molecule has 0 bridgehead atoms. The van der Waals surface area contributed by atoms with E-state index in [4.69, 9.17) is 4.74 Å². The molecular formula is C26H34N4O5S. The normalized spacial score (nSPS) is 11.8. The first-order valence-corrected chi connectivity index (χ1v) is 12.8. The maximum Gasteiger partial charge on any atom is 0.407 e. The number of benzene rings is 1. The highest BCUT2D eigenvalue weighted by Gasteiger charge is 2.21. The number of thioether (sulfide) groups is 1. The first kappa shape index (κ1) is 28.8. The number of carbonyl (C=O) groups is 4. The van der Waals surface area contributed by atoms with Crippen LogP contribution in [-0.4, -0.2) is 51.9 Å². The summed E-state index contributed by atoms with van der Waals surface area (Å²) in [5.74, 6) is -0.847. The number of alkyl carbamates (subject to hydrolysis) is 1. The lowest BCUT2D eigenvalue weighted by Gasteiger charge is -2.20. The molecule has 0 aliphatic rings. The molecule has 10 heteroatoms. The van der Waals surface area contributed by atoms with E-state index >= 15 is 0 Å². The van der Waals surface area contributed by atoms with E-state index in [0.717, 1.165) is 11.8 Å². The Kier molecular flexibility index (Phi) is 11.9. The lowest BCUT2D eigenvalue weighted by atomic mass is 10.1. The second-order valence-corrected chi connectivity index (χ2v) is 9.97. The zero-order chi connectivity index (χ0) is 26.4. The van der Waals surface area contributed by atoms with E-state index in [0.29, 0.717) is 37.1 Å². The smallest absolute Gasteiger partial charge is 0.407 e. The number of carbonyl (C=O) groups excluding carboxylic acids is 4. The SMILES string of the molecule is CC(C)(C)OC(=O)NCCCCC(NC(=O)CSC(=O)c1ccccc1)C(=O)NCc1ccccn1. The molecule has 2 rings (SSSR count). The van der Waals surface area contributed by atoms with Crippen LogP contribution in [0.15, 0.2) is 54.7 Å². The van der Waals surface area contributed by atoms with Crippen molar-refractivity contribution in [2.45, 2.75) is 58.2 Å². The van der Waals surface area contributed by atoms with Gasteiger partial charge in [-0.25, -0.2) is 4.79 Å². The second kappa shape index (κ2) is 14.9. The Labute approximate surface area is 216 Å². The number of aromatic nitrogens is 1. The van der Waals surface area contributed by atoms with Crippen LogP contribution in [-0.2, 0) is 20.9 Å². The summed E-state index contributed by atoms with van der Waals surface area (Å²) in [5.41, 5.74) is 0.629. The van der Waals surface area contributed by atoms with Gasteiger partial charge in [0.1, 0.15) is 11.6 Å². The number of amides is 3. The highest BCUT2D eigenvalue weighted by Crippen LogP contribution is 2.12. The van der Waals surface area contributed by atoms with Crippen molar-refractivity contribution < 1.29 is 23.9 Å². The summed E-state index contributed by atoms with van der Waals surface area (Å²) < 4.78 is 5.20. The molecule has 0 aliphatic heterocycles. The maximum atomic E-state index is 12.8. The molecule has 194 valence electrons. The summed E-state index contributed by atoms with van der Waals surface area (Å²) in [6, 6.07) is 13.3. The maximum absolute atomic E-state index is 12.8. The zero-order valence-electron chi connectivity index (χ0n) is 20.9. The highest BCUT2D eigenvalue weighted by molar-refractivity contribution is 8.14. The summed E-state index contributed by atoms with van der Waals surface area (Å²) in [4.78, 5) is 53.6. The monoisotopic (exact) mass is 514 g/mol. The van der Waals surface area contributed by atoms with Gasteiger partial charge in [0, 0.05) is 18.3 Å². The molecule has 0 radical (unpaired) electrons. The van der Waals surface area contributed by atoms with Gasteiger partial charge < -0.3 is 20.7 Å². The lowest BCUT2D eigenvalue weighted by Crippen LogP contribution is -2.47. The van der Waals surface area contributed by atoms with Gasteiger partial charge in [0.05, 0.1) is 18.0 Å². The largest absolute Gasteiger partial charge is 0.444 e. The number of hydrogen-bond donors (Lipinski definition) is 3. The molecule has 9 nitrogen and oxygen atoms in total. The molecule has 1 unspecified atom stereocenters. The van der Waals surface area contributed by atoms with Crippen LogP contribution in [0.4, 0.5) is 4.79 Å². The van der Waals surface area contributed by atoms with E-state index in [1.807, 2.05) is 12.1 Å². The van der Waals surface area contributed by atoms with Crippen LogP contribution in [0.1, 0.15) is 56.1 Å². The van der Waals surface area contributed by atoms with Gasteiger partial charge in [-0.15, -0.1) is 0 Å². The summed E-state index contributed by atoms with van der Waals surface area (Å²) in [6.07, 6.45) is 2.68. The molecule has 0 fully saturated rings. The van der Waals surface area contributed by atoms with Crippen molar-refractivity contribution in [2.75, 3.05) is 12.3 Å². The number of nitrogens with zero attached hydrogens (tertiary/aromatic N) is 1. The Hall–Kier alpha value is -3.40. The molecule has 36 heavy (non-hydrogen) atoms. The fraction of sp³-hybridized carbons (Fsp3) is 0.423. The zero-order valence-corrected chi connectivity index (χ0v) is 21.7. The van der Waals surface area contributed by atoms with Gasteiger partial charge in [0.25, 0.3) is 0 Å². The number of ether oxygens (including phenoxy) is 1. The number of nitrogens with one attached hydrogen (secondary N) is 3. The van der Waals surface area contributed by atoms with Crippen molar-refractivity contribution in [2.24, 2.45) is 0 Å². The summed E-state index contributed by atoms with van der Waals surface area (Å²) >= 11 is 0.887. The van der Waals surface area contributed by atoms with Crippen LogP contribution in [0.3, 0.4) is 0 Å². The van der Waals surface area contributed by atoms with Gasteiger partial charge in [0.15, 0.2) is 0 Å². The highest BCUT2D eigenvalue weighted by atomic mass is 32.2. The van der Waals surface area contributed by atoms with Crippen LogP contribution in [0, 0.1) is 0 Å². The topological polar surface area (TPSA) is 126 Å². The Morgan fingerprint density at radius 3 is 2.36 bits per heavy atom. The molecule has 2 aromatic rings. The number of hydrogen-bond acceptors (Lipinski definition) is 7.